The lowest BCUT2D eigenvalue weighted by Gasteiger charge is -2.47. The van der Waals surface area contributed by atoms with Gasteiger partial charge in [0.1, 0.15) is 6.29 Å². The minimum Gasteiger partial charge on any atom is -0.389 e. The highest BCUT2D eigenvalue weighted by atomic mass is 16.3. The van der Waals surface area contributed by atoms with Crippen LogP contribution < -0.4 is 21.3 Å². The van der Waals surface area contributed by atoms with Crippen molar-refractivity contribution in [2.75, 3.05) is 38.5 Å². The van der Waals surface area contributed by atoms with Crippen LogP contribution in [0, 0.1) is 5.92 Å². The molecule has 9 nitrogen and oxygen atoms in total. The molecule has 5 unspecified atom stereocenters. The number of carbonyl (C=O) groups is 1. The smallest absolute Gasteiger partial charge is 0.244 e. The fourth-order valence-corrected chi connectivity index (χ4v) is 7.10. The van der Waals surface area contributed by atoms with Crippen LogP contribution in [0.1, 0.15) is 63.4 Å². The van der Waals surface area contributed by atoms with Crippen LogP contribution in [0.3, 0.4) is 0 Å². The zero-order chi connectivity index (χ0) is 26.3. The number of fused-ring (bicyclic) bond motifs is 6. The number of piperidine rings is 2. The number of nitrogens with one attached hydrogen (secondary N) is 4. The quantitative estimate of drug-likeness (QED) is 0.384. The van der Waals surface area contributed by atoms with E-state index in [0.717, 1.165) is 37.8 Å². The fourth-order valence-electron chi connectivity index (χ4n) is 7.10. The number of hydrogen-bond acceptors (Lipinski definition) is 8. The third kappa shape index (κ3) is 5.24. The maximum absolute atomic E-state index is 13.6. The van der Waals surface area contributed by atoms with Gasteiger partial charge in [-0.3, -0.25) is 25.8 Å². The highest BCUT2D eigenvalue weighted by Crippen LogP contribution is 2.34. The summed E-state index contributed by atoms with van der Waals surface area (Å²) >= 11 is 0. The molecule has 5 N–H and O–H groups in total. The number of allylic oxidation sites excluding steroid dienone is 1. The van der Waals surface area contributed by atoms with Crippen LogP contribution in [0.4, 0.5) is 5.69 Å². The summed E-state index contributed by atoms with van der Waals surface area (Å²) in [5.41, 5.74) is 1.72. The second kappa shape index (κ2) is 10.9. The van der Waals surface area contributed by atoms with E-state index >= 15 is 0 Å². The predicted molar refractivity (Wildman–Crippen MR) is 149 cm³/mol. The van der Waals surface area contributed by atoms with Gasteiger partial charge in [0, 0.05) is 18.3 Å². The summed E-state index contributed by atoms with van der Waals surface area (Å²) in [5, 5.41) is 30.0. The molecular formula is C29H45N7O2. The molecule has 0 aromatic heterocycles. The maximum Gasteiger partial charge on any atom is 0.244 e. The summed E-state index contributed by atoms with van der Waals surface area (Å²) in [6, 6.07) is 8.92. The van der Waals surface area contributed by atoms with Gasteiger partial charge in [-0.05, 0) is 95.6 Å². The number of hydrogen-bond donors (Lipinski definition) is 5. The van der Waals surface area contributed by atoms with Crippen LogP contribution >= 0.6 is 0 Å². The zero-order valence-corrected chi connectivity index (χ0v) is 22.9. The van der Waals surface area contributed by atoms with Crippen LogP contribution in [-0.2, 0) is 4.79 Å². The summed E-state index contributed by atoms with van der Waals surface area (Å²) in [7, 11) is 2.20. The topological polar surface area (TPSA) is 95.1 Å². The SMILES string of the molecule is CN1CCC(c2ccc(NC3NCC4C(=O)N5C/C=C\CC[C@@](C)(O)C6CCCC(N6)N5C4N3)cc2)CC1. The molecule has 0 radical (unpaired) electrons. The lowest BCUT2D eigenvalue weighted by molar-refractivity contribution is -0.146. The molecule has 0 spiro atoms. The van der Waals surface area contributed by atoms with Gasteiger partial charge in [-0.2, -0.15) is 5.01 Å². The number of carbonyl (C=O) groups excluding carboxylic acids is 1. The molecule has 5 aliphatic rings. The Bertz CT molecular complexity index is 1010. The van der Waals surface area contributed by atoms with Crippen molar-refractivity contribution in [1.29, 1.82) is 0 Å². The number of hydrazine groups is 1. The van der Waals surface area contributed by atoms with Gasteiger partial charge in [-0.1, -0.05) is 24.3 Å². The standard InChI is InChI=1S/C29H45N7O2/c1-29(38)15-4-3-5-16-35-27(37)23-19-30-28(33-26(23)36(35)25-8-6-7-24(29)32-25)31-22-11-9-20(10-12-22)21-13-17-34(2)18-14-21/h3,5,9-12,21,23-26,28,30-33,38H,4,6-8,13-19H2,1-2H3/b5-3-/t23?,24?,25?,26?,28?,29-/m1/s1. The van der Waals surface area contributed by atoms with Gasteiger partial charge in [0.2, 0.25) is 5.91 Å². The number of likely N-dealkylation sites (tertiary alicyclic amines) is 1. The van der Waals surface area contributed by atoms with E-state index in [4.69, 9.17) is 0 Å². The van der Waals surface area contributed by atoms with Crippen LogP contribution in [-0.4, -0.2) is 89.4 Å². The molecule has 0 aliphatic carbocycles. The molecule has 1 amide bonds. The minimum atomic E-state index is -0.771. The van der Waals surface area contributed by atoms with Crippen molar-refractivity contribution in [2.45, 2.75) is 88.1 Å². The Morgan fingerprint density at radius 1 is 1.05 bits per heavy atom. The van der Waals surface area contributed by atoms with Crippen molar-refractivity contribution in [3.63, 3.8) is 0 Å². The first kappa shape index (κ1) is 26.2. The third-order valence-electron chi connectivity index (χ3n) is 9.50. The Labute approximate surface area is 227 Å². The second-order valence-corrected chi connectivity index (χ2v) is 12.2. The molecule has 0 saturated carbocycles. The zero-order valence-electron chi connectivity index (χ0n) is 22.9. The molecule has 4 saturated heterocycles. The number of rotatable bonds is 3. The minimum absolute atomic E-state index is 0.00532. The molecule has 1 aromatic carbocycles. The van der Waals surface area contributed by atoms with Gasteiger partial charge in [0.25, 0.3) is 0 Å². The number of anilines is 1. The molecule has 6 atom stereocenters. The molecule has 4 fully saturated rings. The van der Waals surface area contributed by atoms with Gasteiger partial charge >= 0.3 is 0 Å². The molecular weight excluding hydrogens is 478 g/mol. The molecule has 9 heteroatoms. The van der Waals surface area contributed by atoms with E-state index in [1.165, 1.54) is 31.5 Å². The highest BCUT2D eigenvalue weighted by Gasteiger charge is 2.52. The molecule has 208 valence electrons. The molecule has 2 bridgehead atoms. The highest BCUT2D eigenvalue weighted by molar-refractivity contribution is 5.82. The second-order valence-electron chi connectivity index (χ2n) is 12.2. The first-order valence-electron chi connectivity index (χ1n) is 14.7. The van der Waals surface area contributed by atoms with Crippen LogP contribution in [0.15, 0.2) is 36.4 Å². The Hall–Kier alpha value is -2.01. The van der Waals surface area contributed by atoms with Crippen molar-refractivity contribution in [1.82, 2.24) is 30.9 Å². The first-order valence-corrected chi connectivity index (χ1v) is 14.7. The van der Waals surface area contributed by atoms with Gasteiger partial charge < -0.3 is 15.3 Å². The Balaban J connectivity index is 1.16. The molecule has 38 heavy (non-hydrogen) atoms. The van der Waals surface area contributed by atoms with Crippen molar-refractivity contribution in [2.24, 2.45) is 5.92 Å². The molecule has 1 aromatic rings. The van der Waals surface area contributed by atoms with E-state index < -0.39 is 5.60 Å². The summed E-state index contributed by atoms with van der Waals surface area (Å²) in [6.07, 6.45) is 10.9. The lowest BCUT2D eigenvalue weighted by atomic mass is 9.85. The average Bonchev–Trinajstić information content (AvgIpc) is 3.19. The van der Waals surface area contributed by atoms with Gasteiger partial charge in [0.05, 0.1) is 30.4 Å². The van der Waals surface area contributed by atoms with E-state index in [1.807, 2.05) is 11.9 Å². The average molecular weight is 524 g/mol. The molecule has 5 heterocycles. The van der Waals surface area contributed by atoms with Crippen molar-refractivity contribution < 1.29 is 9.90 Å². The Morgan fingerprint density at radius 3 is 2.63 bits per heavy atom. The summed E-state index contributed by atoms with van der Waals surface area (Å²) in [6.45, 7) is 5.47. The Kier molecular flexibility index (Phi) is 7.50. The monoisotopic (exact) mass is 523 g/mol. The predicted octanol–water partition coefficient (Wildman–Crippen LogP) is 1.95. The largest absolute Gasteiger partial charge is 0.389 e. The van der Waals surface area contributed by atoms with E-state index in [2.05, 4.69) is 74.6 Å². The van der Waals surface area contributed by atoms with Gasteiger partial charge in [-0.25, -0.2) is 0 Å². The fraction of sp³-hybridized carbons (Fsp3) is 0.690. The van der Waals surface area contributed by atoms with Crippen molar-refractivity contribution in [3.05, 3.63) is 42.0 Å². The van der Waals surface area contributed by atoms with E-state index in [-0.39, 0.29) is 36.5 Å². The van der Waals surface area contributed by atoms with Crippen LogP contribution in [0.2, 0.25) is 0 Å². The third-order valence-corrected chi connectivity index (χ3v) is 9.50. The van der Waals surface area contributed by atoms with Gasteiger partial charge in [0.15, 0.2) is 0 Å². The molecule has 6 rings (SSSR count). The molecule has 5 aliphatic heterocycles. The first-order chi connectivity index (χ1) is 18.4. The van der Waals surface area contributed by atoms with Crippen LogP contribution in [0.25, 0.3) is 0 Å². The number of aliphatic hydroxyl groups is 1. The van der Waals surface area contributed by atoms with Gasteiger partial charge in [-0.15, -0.1) is 0 Å². The number of nitrogens with zero attached hydrogens (tertiary/aromatic N) is 3. The van der Waals surface area contributed by atoms with Crippen molar-refractivity contribution in [3.8, 4) is 0 Å². The Morgan fingerprint density at radius 2 is 1.84 bits per heavy atom. The van der Waals surface area contributed by atoms with Crippen LogP contribution in [0.5, 0.6) is 0 Å². The summed E-state index contributed by atoms with van der Waals surface area (Å²) in [5.74, 6) is 0.656. The van der Waals surface area contributed by atoms with E-state index in [0.29, 0.717) is 19.0 Å². The lowest BCUT2D eigenvalue weighted by Crippen LogP contribution is -2.69. The normalized spacial score (nSPS) is 38.2. The summed E-state index contributed by atoms with van der Waals surface area (Å²) in [4.78, 5) is 16.0. The summed E-state index contributed by atoms with van der Waals surface area (Å²) < 4.78 is 0. The van der Waals surface area contributed by atoms with E-state index in [1.54, 1.807) is 0 Å². The number of amides is 1. The maximum atomic E-state index is 13.6. The van der Waals surface area contributed by atoms with Crippen molar-refractivity contribution >= 4 is 11.6 Å². The number of benzene rings is 1. The van der Waals surface area contributed by atoms with E-state index in [9.17, 15) is 9.90 Å².